The number of benzene rings is 3. The van der Waals surface area contributed by atoms with E-state index in [4.69, 9.17) is 4.74 Å². The summed E-state index contributed by atoms with van der Waals surface area (Å²) in [5, 5.41) is 6.46. The highest BCUT2D eigenvalue weighted by atomic mass is 32.2. The molecule has 3 aromatic rings. The van der Waals surface area contributed by atoms with Gasteiger partial charge in [0.1, 0.15) is 18.1 Å². The molecule has 2 N–H and O–H groups in total. The van der Waals surface area contributed by atoms with E-state index in [1.807, 2.05) is 13.0 Å². The molecule has 0 aliphatic carbocycles. The van der Waals surface area contributed by atoms with Crippen molar-refractivity contribution in [1.29, 1.82) is 0 Å². The fourth-order valence-electron chi connectivity index (χ4n) is 3.06. The number of hydrazone groups is 1. The zero-order chi connectivity index (χ0) is 26.1. The Morgan fingerprint density at radius 2 is 1.72 bits per heavy atom. The lowest BCUT2D eigenvalue weighted by molar-refractivity contribution is -0.119. The van der Waals surface area contributed by atoms with E-state index in [9.17, 15) is 22.4 Å². The van der Waals surface area contributed by atoms with Gasteiger partial charge >= 0.3 is 0 Å². The molecule has 0 saturated carbocycles. The van der Waals surface area contributed by atoms with E-state index in [-0.39, 0.29) is 6.61 Å². The van der Waals surface area contributed by atoms with Crippen LogP contribution in [0.2, 0.25) is 0 Å². The van der Waals surface area contributed by atoms with Gasteiger partial charge in [-0.25, -0.2) is 18.2 Å². The molecule has 11 heteroatoms. The zero-order valence-electron chi connectivity index (χ0n) is 19.6. The average Bonchev–Trinajstić information content (AvgIpc) is 2.83. The summed E-state index contributed by atoms with van der Waals surface area (Å²) in [6, 6.07) is 18.8. The first-order valence-electron chi connectivity index (χ1n) is 10.7. The van der Waals surface area contributed by atoms with Crippen molar-refractivity contribution in [3.8, 4) is 5.75 Å². The van der Waals surface area contributed by atoms with Crippen LogP contribution in [0.25, 0.3) is 0 Å². The molecule has 0 aliphatic rings. The number of halogens is 1. The Hall–Kier alpha value is -4.25. The van der Waals surface area contributed by atoms with Gasteiger partial charge < -0.3 is 10.1 Å². The molecule has 0 heterocycles. The number of sulfonamides is 1. The van der Waals surface area contributed by atoms with Crippen LogP contribution in [0.15, 0.2) is 77.9 Å². The van der Waals surface area contributed by atoms with Crippen LogP contribution < -0.4 is 19.8 Å². The highest BCUT2D eigenvalue weighted by Gasteiger charge is 2.20. The molecule has 0 aliphatic heterocycles. The molecule has 0 spiro atoms. The first-order valence-corrected chi connectivity index (χ1v) is 12.6. The van der Waals surface area contributed by atoms with Gasteiger partial charge in [-0.2, -0.15) is 5.10 Å². The van der Waals surface area contributed by atoms with Gasteiger partial charge in [0, 0.05) is 5.69 Å². The minimum absolute atomic E-state index is 0.237. The van der Waals surface area contributed by atoms with Crippen LogP contribution in [0, 0.1) is 12.7 Å². The number of carbonyl (C=O) groups is 2. The van der Waals surface area contributed by atoms with Crippen LogP contribution in [0.1, 0.15) is 11.1 Å². The van der Waals surface area contributed by atoms with E-state index in [0.717, 1.165) is 16.1 Å². The van der Waals surface area contributed by atoms with Crippen LogP contribution in [0.5, 0.6) is 5.75 Å². The molecule has 0 saturated heterocycles. The normalized spacial score (nSPS) is 11.2. The van der Waals surface area contributed by atoms with Crippen molar-refractivity contribution >= 4 is 39.4 Å². The summed E-state index contributed by atoms with van der Waals surface area (Å²) in [6.07, 6.45) is 2.42. The van der Waals surface area contributed by atoms with Crippen molar-refractivity contribution in [1.82, 2.24) is 5.43 Å². The lowest BCUT2D eigenvalue weighted by atomic mass is 10.2. The standard InChI is InChI=1S/C25H25FN4O5S/c1-18-4-3-5-22(14-18)30(36(2,33)34)16-24(31)29-27-15-19-6-12-23(13-7-19)35-17-25(32)28-21-10-8-20(26)9-11-21/h3-15H,16-17H2,1-2H3,(H,28,32)(H,29,31)/b27-15-. The monoisotopic (exact) mass is 512 g/mol. The van der Waals surface area contributed by atoms with E-state index in [0.29, 0.717) is 22.7 Å². The largest absolute Gasteiger partial charge is 0.484 e. The van der Waals surface area contributed by atoms with Crippen molar-refractivity contribution < 1.29 is 27.1 Å². The maximum atomic E-state index is 12.9. The number of hydrogen-bond acceptors (Lipinski definition) is 6. The second-order valence-electron chi connectivity index (χ2n) is 7.81. The molecule has 0 radical (unpaired) electrons. The molecule has 0 bridgehead atoms. The number of aryl methyl sites for hydroxylation is 1. The summed E-state index contributed by atoms with van der Waals surface area (Å²) in [4.78, 5) is 24.2. The van der Waals surface area contributed by atoms with E-state index < -0.39 is 34.2 Å². The second-order valence-corrected chi connectivity index (χ2v) is 9.72. The SMILES string of the molecule is Cc1cccc(N(CC(=O)N/N=C\c2ccc(OCC(=O)Nc3ccc(F)cc3)cc2)S(C)(=O)=O)c1. The second kappa shape index (κ2) is 11.9. The summed E-state index contributed by atoms with van der Waals surface area (Å²) >= 11 is 0. The van der Waals surface area contributed by atoms with Crippen LogP contribution in [-0.4, -0.2) is 45.9 Å². The topological polar surface area (TPSA) is 117 Å². The number of nitrogens with zero attached hydrogens (tertiary/aromatic N) is 2. The van der Waals surface area contributed by atoms with Crippen LogP contribution in [-0.2, 0) is 19.6 Å². The summed E-state index contributed by atoms with van der Waals surface area (Å²) in [6.45, 7) is 1.17. The van der Waals surface area contributed by atoms with Crippen LogP contribution >= 0.6 is 0 Å². The first kappa shape index (κ1) is 26.4. The Morgan fingerprint density at radius 1 is 1.03 bits per heavy atom. The molecule has 3 rings (SSSR count). The van der Waals surface area contributed by atoms with Gasteiger partial charge in [-0.15, -0.1) is 0 Å². The predicted molar refractivity (Wildman–Crippen MR) is 136 cm³/mol. The third-order valence-electron chi connectivity index (χ3n) is 4.76. The van der Waals surface area contributed by atoms with Gasteiger partial charge in [0.2, 0.25) is 10.0 Å². The van der Waals surface area contributed by atoms with E-state index in [1.54, 1.807) is 42.5 Å². The minimum atomic E-state index is -3.68. The van der Waals surface area contributed by atoms with Crippen molar-refractivity contribution in [3.63, 3.8) is 0 Å². The third kappa shape index (κ3) is 8.20. The molecule has 0 unspecified atom stereocenters. The fourth-order valence-corrected chi connectivity index (χ4v) is 3.91. The van der Waals surface area contributed by atoms with Crippen LogP contribution in [0.4, 0.5) is 15.8 Å². The van der Waals surface area contributed by atoms with Crippen molar-refractivity contribution in [2.75, 3.05) is 29.0 Å². The van der Waals surface area contributed by atoms with E-state index in [1.165, 1.54) is 30.5 Å². The Balaban J connectivity index is 1.49. The summed E-state index contributed by atoms with van der Waals surface area (Å²) in [5.74, 6) is -0.966. The smallest absolute Gasteiger partial charge is 0.262 e. The number of anilines is 2. The van der Waals surface area contributed by atoms with Crippen molar-refractivity contribution in [2.24, 2.45) is 5.10 Å². The molecule has 0 aromatic heterocycles. The lowest BCUT2D eigenvalue weighted by Crippen LogP contribution is -2.39. The van der Waals surface area contributed by atoms with Gasteiger partial charge in [-0.3, -0.25) is 13.9 Å². The highest BCUT2D eigenvalue weighted by Crippen LogP contribution is 2.18. The minimum Gasteiger partial charge on any atom is -0.484 e. The molecule has 3 aromatic carbocycles. The molecular formula is C25H25FN4O5S. The average molecular weight is 513 g/mol. The molecule has 9 nitrogen and oxygen atoms in total. The van der Waals surface area contributed by atoms with Gasteiger partial charge in [0.25, 0.3) is 11.8 Å². The molecule has 188 valence electrons. The number of rotatable bonds is 10. The highest BCUT2D eigenvalue weighted by molar-refractivity contribution is 7.92. The van der Waals surface area contributed by atoms with E-state index >= 15 is 0 Å². The van der Waals surface area contributed by atoms with Gasteiger partial charge in [0.15, 0.2) is 6.61 Å². The first-order chi connectivity index (χ1) is 17.1. The summed E-state index contributed by atoms with van der Waals surface area (Å²) in [5.41, 5.74) is 4.66. The van der Waals surface area contributed by atoms with Crippen molar-refractivity contribution in [2.45, 2.75) is 6.92 Å². The van der Waals surface area contributed by atoms with Crippen LogP contribution in [0.3, 0.4) is 0 Å². The van der Waals surface area contributed by atoms with E-state index in [2.05, 4.69) is 15.8 Å². The maximum absolute atomic E-state index is 12.9. The maximum Gasteiger partial charge on any atom is 0.262 e. The Kier molecular flexibility index (Phi) is 8.74. The third-order valence-corrected chi connectivity index (χ3v) is 5.90. The zero-order valence-corrected chi connectivity index (χ0v) is 20.5. The number of hydrogen-bond donors (Lipinski definition) is 2. The molecule has 2 amide bonds. The fraction of sp³-hybridized carbons (Fsp3) is 0.160. The van der Waals surface area contributed by atoms with Gasteiger partial charge in [-0.05, 0) is 78.7 Å². The predicted octanol–water partition coefficient (Wildman–Crippen LogP) is 3.07. The number of ether oxygens (including phenoxy) is 1. The van der Waals surface area contributed by atoms with Crippen molar-refractivity contribution in [3.05, 3.63) is 89.7 Å². The molecule has 36 heavy (non-hydrogen) atoms. The Bertz CT molecular complexity index is 1340. The molecule has 0 atom stereocenters. The lowest BCUT2D eigenvalue weighted by Gasteiger charge is -2.21. The number of carbonyl (C=O) groups excluding carboxylic acids is 2. The quantitative estimate of drug-likeness (QED) is 0.320. The van der Waals surface area contributed by atoms with Gasteiger partial charge in [0.05, 0.1) is 18.2 Å². The Morgan fingerprint density at radius 3 is 2.36 bits per heavy atom. The number of nitrogens with one attached hydrogen (secondary N) is 2. The summed E-state index contributed by atoms with van der Waals surface area (Å²) in [7, 11) is -3.68. The number of amides is 2. The Labute approximate surface area is 208 Å². The molecular weight excluding hydrogens is 487 g/mol. The summed E-state index contributed by atoms with van der Waals surface area (Å²) < 4.78 is 43.7. The van der Waals surface area contributed by atoms with Gasteiger partial charge in [-0.1, -0.05) is 12.1 Å². The molecule has 0 fully saturated rings.